The molecular formula is C19H33Br2ClN2O2. The minimum atomic E-state index is -0.539. The first-order chi connectivity index (χ1) is 10.5. The van der Waals surface area contributed by atoms with E-state index in [-0.39, 0.29) is 47.8 Å². The molecule has 26 heavy (non-hydrogen) atoms. The summed E-state index contributed by atoms with van der Waals surface area (Å²) >= 11 is 6.61. The van der Waals surface area contributed by atoms with Gasteiger partial charge in [0, 0.05) is 22.0 Å². The maximum Gasteiger partial charge on any atom is 0.0912 e. The predicted molar refractivity (Wildman–Crippen MR) is 124 cm³/mol. The molecule has 2 aromatic rings. The Balaban J connectivity index is -0.000000161. The Morgan fingerprint density at radius 1 is 0.654 bits per heavy atom. The molecule has 2 atom stereocenters. The molecule has 0 saturated heterocycles. The number of hydrogen-bond acceptors (Lipinski definition) is 4. The predicted octanol–water partition coefficient (Wildman–Crippen LogP) is 5.21. The van der Waals surface area contributed by atoms with Gasteiger partial charge in [-0.05, 0) is 35.4 Å². The summed E-state index contributed by atoms with van der Waals surface area (Å²) in [5.74, 6) is 0. The van der Waals surface area contributed by atoms with Crippen LogP contribution in [-0.4, -0.2) is 23.3 Å². The fraction of sp³-hybridized carbons (Fsp3) is 0.368. The first kappa shape index (κ1) is 33.1. The van der Waals surface area contributed by atoms with E-state index >= 15 is 0 Å². The van der Waals surface area contributed by atoms with Gasteiger partial charge in [-0.15, -0.1) is 12.4 Å². The van der Waals surface area contributed by atoms with Gasteiger partial charge in [-0.3, -0.25) is 0 Å². The highest BCUT2D eigenvalue weighted by Gasteiger charge is 2.03. The van der Waals surface area contributed by atoms with Gasteiger partial charge < -0.3 is 21.7 Å². The van der Waals surface area contributed by atoms with E-state index < -0.39 is 12.2 Å². The molecule has 2 aromatic carbocycles. The van der Waals surface area contributed by atoms with Gasteiger partial charge in [-0.2, -0.15) is 0 Å². The quantitative estimate of drug-likeness (QED) is 0.449. The number of nitrogens with two attached hydrogens (primary N) is 2. The summed E-state index contributed by atoms with van der Waals surface area (Å²) in [5.41, 5.74) is 12.3. The molecule has 0 aliphatic carbocycles. The highest BCUT2D eigenvalue weighted by atomic mass is 79.9. The minimum absolute atomic E-state index is 0. The summed E-state index contributed by atoms with van der Waals surface area (Å²) in [6.07, 6.45) is -1.08. The SMILES string of the molecule is C.C.C.Cl.NC[C@@H](O)c1ccc(Br)cc1.NC[C@@H](O)c1ccc(Br)cc1. The van der Waals surface area contributed by atoms with Crippen molar-refractivity contribution in [1.29, 1.82) is 0 Å². The van der Waals surface area contributed by atoms with Crippen LogP contribution in [0.15, 0.2) is 57.5 Å². The van der Waals surface area contributed by atoms with Gasteiger partial charge in [-0.1, -0.05) is 78.4 Å². The molecule has 0 aliphatic rings. The van der Waals surface area contributed by atoms with E-state index in [9.17, 15) is 10.2 Å². The van der Waals surface area contributed by atoms with Gasteiger partial charge in [0.05, 0.1) is 12.2 Å². The Bertz CT molecular complexity index is 503. The third kappa shape index (κ3) is 12.0. The molecule has 6 N–H and O–H groups in total. The second kappa shape index (κ2) is 17.9. The summed E-state index contributed by atoms with van der Waals surface area (Å²) in [4.78, 5) is 0. The van der Waals surface area contributed by atoms with E-state index in [1.807, 2.05) is 48.5 Å². The number of aliphatic hydroxyl groups is 2. The van der Waals surface area contributed by atoms with Crippen LogP contribution in [0, 0.1) is 0 Å². The first-order valence-corrected chi connectivity index (χ1v) is 8.33. The summed E-state index contributed by atoms with van der Waals surface area (Å²) in [6, 6.07) is 14.9. The lowest BCUT2D eigenvalue weighted by molar-refractivity contribution is 0.186. The van der Waals surface area contributed by atoms with Crippen molar-refractivity contribution in [2.45, 2.75) is 34.5 Å². The van der Waals surface area contributed by atoms with Crippen LogP contribution in [0.1, 0.15) is 45.6 Å². The lowest BCUT2D eigenvalue weighted by Gasteiger charge is -2.06. The summed E-state index contributed by atoms with van der Waals surface area (Å²) in [6.45, 7) is 0.531. The highest BCUT2D eigenvalue weighted by molar-refractivity contribution is 9.10. The van der Waals surface area contributed by atoms with Crippen LogP contribution in [-0.2, 0) is 0 Å². The van der Waals surface area contributed by atoms with Gasteiger partial charge in [0.2, 0.25) is 0 Å². The maximum absolute atomic E-state index is 9.28. The van der Waals surface area contributed by atoms with E-state index in [4.69, 9.17) is 11.5 Å². The Labute approximate surface area is 181 Å². The van der Waals surface area contributed by atoms with E-state index in [1.165, 1.54) is 0 Å². The Kier molecular flexibility index (Phi) is 22.8. The zero-order valence-electron chi connectivity index (χ0n) is 12.4. The smallest absolute Gasteiger partial charge is 0.0912 e. The van der Waals surface area contributed by atoms with Crippen molar-refractivity contribution in [3.05, 3.63) is 68.6 Å². The van der Waals surface area contributed by atoms with Crippen LogP contribution in [0.3, 0.4) is 0 Å². The average molecular weight is 517 g/mol. The summed E-state index contributed by atoms with van der Waals surface area (Å²) in [7, 11) is 0. The van der Waals surface area contributed by atoms with Crippen LogP contribution in [0.4, 0.5) is 0 Å². The molecule has 0 unspecified atom stereocenters. The second-order valence-corrected chi connectivity index (χ2v) is 6.44. The van der Waals surface area contributed by atoms with E-state index in [0.717, 1.165) is 20.1 Å². The zero-order valence-corrected chi connectivity index (χ0v) is 16.4. The van der Waals surface area contributed by atoms with Crippen molar-refractivity contribution >= 4 is 44.3 Å². The van der Waals surface area contributed by atoms with Crippen molar-refractivity contribution in [3.8, 4) is 0 Å². The van der Waals surface area contributed by atoms with Crippen molar-refractivity contribution in [2.24, 2.45) is 11.5 Å². The fourth-order valence-corrected chi connectivity index (χ4v) is 2.17. The van der Waals surface area contributed by atoms with Crippen LogP contribution in [0.2, 0.25) is 0 Å². The van der Waals surface area contributed by atoms with Crippen molar-refractivity contribution in [1.82, 2.24) is 0 Å². The molecule has 7 heteroatoms. The van der Waals surface area contributed by atoms with E-state index in [1.54, 1.807) is 0 Å². The third-order valence-corrected chi connectivity index (χ3v) is 4.01. The van der Waals surface area contributed by atoms with Crippen molar-refractivity contribution < 1.29 is 10.2 Å². The van der Waals surface area contributed by atoms with Gasteiger partial charge in [0.15, 0.2) is 0 Å². The molecule has 0 spiro atoms. The summed E-state index contributed by atoms with van der Waals surface area (Å²) in [5, 5.41) is 18.6. The Hall–Kier alpha value is -0.470. The zero-order chi connectivity index (χ0) is 16.5. The number of aliphatic hydroxyl groups excluding tert-OH is 2. The normalized spacial score (nSPS) is 11.0. The molecular weight excluding hydrogens is 483 g/mol. The monoisotopic (exact) mass is 514 g/mol. The lowest BCUT2D eigenvalue weighted by Crippen LogP contribution is -2.11. The fourth-order valence-electron chi connectivity index (χ4n) is 1.64. The van der Waals surface area contributed by atoms with E-state index in [2.05, 4.69) is 31.9 Å². The van der Waals surface area contributed by atoms with Gasteiger partial charge >= 0.3 is 0 Å². The van der Waals surface area contributed by atoms with Crippen LogP contribution < -0.4 is 11.5 Å². The average Bonchev–Trinajstić information content (AvgIpc) is 2.55. The molecule has 152 valence electrons. The maximum atomic E-state index is 9.28. The number of rotatable bonds is 4. The molecule has 4 nitrogen and oxygen atoms in total. The highest BCUT2D eigenvalue weighted by Crippen LogP contribution is 2.16. The Morgan fingerprint density at radius 3 is 1.08 bits per heavy atom. The van der Waals surface area contributed by atoms with Crippen LogP contribution in [0.25, 0.3) is 0 Å². The molecule has 0 amide bonds. The third-order valence-electron chi connectivity index (χ3n) is 2.96. The molecule has 0 fully saturated rings. The second-order valence-electron chi connectivity index (χ2n) is 4.61. The molecule has 2 rings (SSSR count). The van der Waals surface area contributed by atoms with Crippen LogP contribution >= 0.6 is 44.3 Å². The largest absolute Gasteiger partial charge is 0.387 e. The molecule has 0 radical (unpaired) electrons. The lowest BCUT2D eigenvalue weighted by atomic mass is 10.1. The van der Waals surface area contributed by atoms with E-state index in [0.29, 0.717) is 0 Å². The first-order valence-electron chi connectivity index (χ1n) is 6.75. The molecule has 0 bridgehead atoms. The van der Waals surface area contributed by atoms with Gasteiger partial charge in [-0.25, -0.2) is 0 Å². The topological polar surface area (TPSA) is 92.5 Å². The molecule has 0 aliphatic heterocycles. The standard InChI is InChI=1S/2C8H10BrNO.3CH4.ClH/c2*9-7-3-1-6(2-4-7)8(11)5-10;;;;/h2*1-4,8,11H,5,10H2;3*1H4;1H/t2*8-;;;;/m11..../s1. The van der Waals surface area contributed by atoms with Gasteiger partial charge in [0.25, 0.3) is 0 Å². The minimum Gasteiger partial charge on any atom is -0.387 e. The Morgan fingerprint density at radius 2 is 0.885 bits per heavy atom. The number of hydrogen-bond donors (Lipinski definition) is 4. The van der Waals surface area contributed by atoms with Crippen LogP contribution in [0.5, 0.6) is 0 Å². The number of benzene rings is 2. The molecule has 0 heterocycles. The van der Waals surface area contributed by atoms with Crippen molar-refractivity contribution in [3.63, 3.8) is 0 Å². The van der Waals surface area contributed by atoms with Gasteiger partial charge in [0.1, 0.15) is 0 Å². The number of halogens is 3. The van der Waals surface area contributed by atoms with Crippen molar-refractivity contribution in [2.75, 3.05) is 13.1 Å². The molecule has 0 saturated carbocycles. The molecule has 0 aromatic heterocycles. The summed E-state index contributed by atoms with van der Waals surface area (Å²) < 4.78 is 2.01.